The first kappa shape index (κ1) is 20.6. The lowest BCUT2D eigenvalue weighted by atomic mass is 10.0. The Morgan fingerprint density at radius 3 is 2.48 bits per heavy atom. The van der Waals surface area contributed by atoms with E-state index < -0.39 is 23.6 Å². The average molecular weight is 394 g/mol. The normalized spacial score (nSPS) is 16.5. The molecule has 0 saturated heterocycles. The van der Waals surface area contributed by atoms with Gasteiger partial charge in [0, 0.05) is 30.8 Å². The minimum absolute atomic E-state index is 0.365. The molecule has 2 aromatic rings. The van der Waals surface area contributed by atoms with Gasteiger partial charge in [-0.1, -0.05) is 36.4 Å². The zero-order chi connectivity index (χ0) is 20.9. The maximum atomic E-state index is 12.7. The standard InChI is InChI=1S/C23H26N2O4/c1-23(2,3)29-22(27)25-19(15-17-9-5-4-6-10-17)20(16-21(25)26)28-14-12-18-11-7-8-13-24-18/h4-11,13,16,19H,12,14-15H2,1-3H3. The van der Waals surface area contributed by atoms with Crippen molar-refractivity contribution >= 4 is 12.0 Å². The molecule has 1 aliphatic rings. The molecule has 0 N–H and O–H groups in total. The first-order valence-electron chi connectivity index (χ1n) is 9.68. The molecule has 0 aliphatic carbocycles. The van der Waals surface area contributed by atoms with Gasteiger partial charge in [-0.05, 0) is 38.5 Å². The fourth-order valence-electron chi connectivity index (χ4n) is 3.08. The van der Waals surface area contributed by atoms with Crippen molar-refractivity contribution < 1.29 is 19.1 Å². The van der Waals surface area contributed by atoms with Crippen LogP contribution in [0, 0.1) is 0 Å². The SMILES string of the molecule is CC(C)(C)OC(=O)N1C(=O)C=C(OCCc2ccccn2)C1Cc1ccccc1. The Balaban J connectivity index is 1.75. The van der Waals surface area contributed by atoms with E-state index in [1.165, 1.54) is 6.08 Å². The molecule has 0 spiro atoms. The number of amides is 2. The number of hydrogen-bond acceptors (Lipinski definition) is 5. The van der Waals surface area contributed by atoms with Crippen LogP contribution in [0.2, 0.25) is 0 Å². The number of nitrogens with zero attached hydrogens (tertiary/aromatic N) is 2. The van der Waals surface area contributed by atoms with E-state index in [0.29, 0.717) is 25.2 Å². The number of pyridine rings is 1. The third-order valence-corrected chi connectivity index (χ3v) is 4.36. The summed E-state index contributed by atoms with van der Waals surface area (Å²) in [5.74, 6) is 0.0497. The van der Waals surface area contributed by atoms with E-state index in [1.807, 2.05) is 48.5 Å². The first-order valence-corrected chi connectivity index (χ1v) is 9.68. The number of benzene rings is 1. The molecule has 0 saturated carbocycles. The van der Waals surface area contributed by atoms with Gasteiger partial charge in [0.2, 0.25) is 0 Å². The molecule has 29 heavy (non-hydrogen) atoms. The van der Waals surface area contributed by atoms with Crippen molar-refractivity contribution in [2.75, 3.05) is 6.61 Å². The zero-order valence-electron chi connectivity index (χ0n) is 17.0. The number of carbonyl (C=O) groups excluding carboxylic acids is 2. The Kier molecular flexibility index (Phi) is 6.32. The van der Waals surface area contributed by atoms with Crippen LogP contribution < -0.4 is 0 Å². The molecule has 2 amide bonds. The summed E-state index contributed by atoms with van der Waals surface area (Å²) in [5.41, 5.74) is 1.21. The second-order valence-electron chi connectivity index (χ2n) is 7.86. The van der Waals surface area contributed by atoms with Crippen LogP contribution in [0.3, 0.4) is 0 Å². The summed E-state index contributed by atoms with van der Waals surface area (Å²) in [7, 11) is 0. The highest BCUT2D eigenvalue weighted by molar-refractivity contribution is 6.02. The molecule has 152 valence electrons. The van der Waals surface area contributed by atoms with Crippen molar-refractivity contribution in [1.82, 2.24) is 9.88 Å². The average Bonchev–Trinajstić information content (AvgIpc) is 2.97. The molecule has 0 bridgehead atoms. The highest BCUT2D eigenvalue weighted by atomic mass is 16.6. The van der Waals surface area contributed by atoms with Crippen molar-refractivity contribution in [1.29, 1.82) is 0 Å². The largest absolute Gasteiger partial charge is 0.495 e. The lowest BCUT2D eigenvalue weighted by Crippen LogP contribution is -2.44. The highest BCUT2D eigenvalue weighted by Crippen LogP contribution is 2.26. The monoisotopic (exact) mass is 394 g/mol. The number of rotatable bonds is 6. The van der Waals surface area contributed by atoms with E-state index in [0.717, 1.165) is 16.2 Å². The molecule has 1 aromatic heterocycles. The minimum Gasteiger partial charge on any atom is -0.495 e. The number of aromatic nitrogens is 1. The Morgan fingerprint density at radius 1 is 1.10 bits per heavy atom. The van der Waals surface area contributed by atoms with Crippen molar-refractivity contribution in [2.45, 2.75) is 45.3 Å². The van der Waals surface area contributed by atoms with Crippen molar-refractivity contribution in [3.8, 4) is 0 Å². The lowest BCUT2D eigenvalue weighted by molar-refractivity contribution is -0.125. The smallest absolute Gasteiger partial charge is 0.418 e. The second-order valence-corrected chi connectivity index (χ2v) is 7.86. The molecule has 6 nitrogen and oxygen atoms in total. The maximum absolute atomic E-state index is 12.7. The van der Waals surface area contributed by atoms with Crippen LogP contribution in [0.25, 0.3) is 0 Å². The number of hydrogen-bond donors (Lipinski definition) is 0. The fourth-order valence-corrected chi connectivity index (χ4v) is 3.08. The van der Waals surface area contributed by atoms with Crippen LogP contribution in [-0.2, 0) is 27.1 Å². The van der Waals surface area contributed by atoms with E-state index in [4.69, 9.17) is 9.47 Å². The Labute approximate surface area is 171 Å². The maximum Gasteiger partial charge on any atom is 0.418 e. The van der Waals surface area contributed by atoms with Crippen LogP contribution in [0.5, 0.6) is 0 Å². The van der Waals surface area contributed by atoms with Crippen LogP contribution in [0.1, 0.15) is 32.0 Å². The quantitative estimate of drug-likeness (QED) is 0.743. The highest BCUT2D eigenvalue weighted by Gasteiger charge is 2.40. The number of ether oxygens (including phenoxy) is 2. The van der Waals surface area contributed by atoms with Crippen LogP contribution in [0.15, 0.2) is 66.6 Å². The van der Waals surface area contributed by atoms with E-state index in [-0.39, 0.29) is 0 Å². The first-order chi connectivity index (χ1) is 13.8. The minimum atomic E-state index is -0.697. The molecule has 0 fully saturated rings. The summed E-state index contributed by atoms with van der Waals surface area (Å²) in [4.78, 5) is 30.7. The van der Waals surface area contributed by atoms with Gasteiger partial charge in [-0.2, -0.15) is 0 Å². The molecule has 2 heterocycles. The van der Waals surface area contributed by atoms with Crippen molar-refractivity contribution in [2.24, 2.45) is 0 Å². The summed E-state index contributed by atoms with van der Waals surface area (Å²) in [6, 6.07) is 14.9. The van der Waals surface area contributed by atoms with Crippen molar-refractivity contribution in [3.05, 3.63) is 77.8 Å². The van der Waals surface area contributed by atoms with Gasteiger partial charge in [0.25, 0.3) is 5.91 Å². The predicted octanol–water partition coefficient (Wildman–Crippen LogP) is 3.91. The second kappa shape index (κ2) is 8.90. The van der Waals surface area contributed by atoms with Gasteiger partial charge in [-0.15, -0.1) is 0 Å². The van der Waals surface area contributed by atoms with E-state index >= 15 is 0 Å². The van der Waals surface area contributed by atoms with Crippen molar-refractivity contribution in [3.63, 3.8) is 0 Å². The summed E-state index contributed by atoms with van der Waals surface area (Å²) >= 11 is 0. The molecule has 1 aliphatic heterocycles. The lowest BCUT2D eigenvalue weighted by Gasteiger charge is -2.28. The summed E-state index contributed by atoms with van der Waals surface area (Å²) < 4.78 is 11.4. The molecule has 1 atom stereocenters. The van der Waals surface area contributed by atoms with Gasteiger partial charge >= 0.3 is 6.09 Å². The third kappa shape index (κ3) is 5.67. The number of carbonyl (C=O) groups is 2. The van der Waals surface area contributed by atoms with E-state index in [1.54, 1.807) is 27.0 Å². The van der Waals surface area contributed by atoms with Crippen LogP contribution >= 0.6 is 0 Å². The third-order valence-electron chi connectivity index (χ3n) is 4.36. The summed E-state index contributed by atoms with van der Waals surface area (Å²) in [6.45, 7) is 5.68. The Morgan fingerprint density at radius 2 is 1.83 bits per heavy atom. The molecule has 1 aromatic carbocycles. The zero-order valence-corrected chi connectivity index (χ0v) is 17.0. The van der Waals surface area contributed by atoms with Gasteiger partial charge in [0.15, 0.2) is 0 Å². The summed E-state index contributed by atoms with van der Waals surface area (Å²) in [6.07, 6.45) is 3.52. The van der Waals surface area contributed by atoms with Gasteiger partial charge in [0.05, 0.1) is 6.61 Å². The molecule has 6 heteroatoms. The Hall–Kier alpha value is -3.15. The molecule has 0 radical (unpaired) electrons. The van der Waals surface area contributed by atoms with Gasteiger partial charge in [0.1, 0.15) is 17.4 Å². The van der Waals surface area contributed by atoms with Crippen LogP contribution in [0.4, 0.5) is 4.79 Å². The molecule has 3 rings (SSSR count). The van der Waals surface area contributed by atoms with Crippen LogP contribution in [-0.4, -0.2) is 40.1 Å². The Bertz CT molecular complexity index is 873. The molecular formula is C23H26N2O4. The number of imide groups is 1. The van der Waals surface area contributed by atoms with E-state index in [2.05, 4.69) is 4.98 Å². The van der Waals surface area contributed by atoms with Gasteiger partial charge in [-0.25, -0.2) is 9.69 Å². The molecular weight excluding hydrogens is 368 g/mol. The van der Waals surface area contributed by atoms with Gasteiger partial charge < -0.3 is 9.47 Å². The molecule has 1 unspecified atom stereocenters. The van der Waals surface area contributed by atoms with Gasteiger partial charge in [-0.3, -0.25) is 9.78 Å². The topological polar surface area (TPSA) is 68.7 Å². The predicted molar refractivity (Wildman–Crippen MR) is 109 cm³/mol. The van der Waals surface area contributed by atoms with E-state index in [9.17, 15) is 9.59 Å². The fraction of sp³-hybridized carbons (Fsp3) is 0.348. The summed E-state index contributed by atoms with van der Waals surface area (Å²) in [5, 5.41) is 0.